The van der Waals surface area contributed by atoms with Crippen LogP contribution in [-0.4, -0.2) is 16.1 Å². The molecule has 0 aliphatic rings. The van der Waals surface area contributed by atoms with E-state index in [-0.39, 0.29) is 6.54 Å². The van der Waals surface area contributed by atoms with E-state index in [1.807, 2.05) is 19.1 Å². The first-order valence-electron chi connectivity index (χ1n) is 5.82. The molecule has 106 valence electrons. The molecule has 0 radical (unpaired) electrons. The first-order valence-corrected chi connectivity index (χ1v) is 5.82. The van der Waals surface area contributed by atoms with E-state index >= 15 is 0 Å². The van der Waals surface area contributed by atoms with Crippen molar-refractivity contribution in [2.24, 2.45) is 0 Å². The van der Waals surface area contributed by atoms with Crippen LogP contribution in [0.1, 0.15) is 27.2 Å². The number of alkyl halides is 3. The summed E-state index contributed by atoms with van der Waals surface area (Å²) in [5.41, 5.74) is 0.221. The number of halogens is 3. The van der Waals surface area contributed by atoms with Crippen molar-refractivity contribution in [3.05, 3.63) is 52.8 Å². The van der Waals surface area contributed by atoms with Crippen LogP contribution in [0, 0.1) is 6.92 Å². The minimum Gasteiger partial charge on any atom is -0.348 e. The molecule has 0 fully saturated rings. The second-order valence-electron chi connectivity index (χ2n) is 4.32. The maximum absolute atomic E-state index is 12.6. The van der Waals surface area contributed by atoms with Gasteiger partial charge in [-0.3, -0.25) is 9.89 Å². The lowest BCUT2D eigenvalue weighted by Crippen LogP contribution is -2.25. The van der Waals surface area contributed by atoms with Gasteiger partial charge in [0.15, 0.2) is 5.69 Å². The van der Waals surface area contributed by atoms with Gasteiger partial charge >= 0.3 is 6.18 Å². The fraction of sp³-hybridized carbons (Fsp3) is 0.231. The van der Waals surface area contributed by atoms with E-state index in [0.717, 1.165) is 17.3 Å². The van der Waals surface area contributed by atoms with Crippen LogP contribution in [0.2, 0.25) is 0 Å². The smallest absolute Gasteiger partial charge is 0.348 e. The summed E-state index contributed by atoms with van der Waals surface area (Å²) in [6.45, 7) is 2.07. The lowest BCUT2D eigenvalue weighted by atomic mass is 10.1. The van der Waals surface area contributed by atoms with Gasteiger partial charge in [-0.2, -0.15) is 18.3 Å². The Morgan fingerprint density at radius 1 is 1.30 bits per heavy atom. The molecule has 0 aliphatic heterocycles. The van der Waals surface area contributed by atoms with E-state index in [9.17, 15) is 18.0 Å². The molecule has 4 nitrogen and oxygen atoms in total. The van der Waals surface area contributed by atoms with Gasteiger partial charge in [-0.1, -0.05) is 29.8 Å². The Bertz CT molecular complexity index is 602. The molecule has 0 saturated heterocycles. The van der Waals surface area contributed by atoms with Gasteiger partial charge in [0.2, 0.25) is 0 Å². The number of benzene rings is 1. The summed E-state index contributed by atoms with van der Waals surface area (Å²) in [4.78, 5) is 11.7. The fourth-order valence-electron chi connectivity index (χ4n) is 1.66. The Morgan fingerprint density at radius 2 is 1.95 bits per heavy atom. The quantitative estimate of drug-likeness (QED) is 0.909. The molecule has 20 heavy (non-hydrogen) atoms. The van der Waals surface area contributed by atoms with Crippen molar-refractivity contribution in [2.75, 3.05) is 0 Å². The summed E-state index contributed by atoms with van der Waals surface area (Å²) in [5.74, 6) is -0.813. The minimum atomic E-state index is -4.63. The van der Waals surface area contributed by atoms with Crippen molar-refractivity contribution in [3.8, 4) is 0 Å². The average Bonchev–Trinajstić information content (AvgIpc) is 2.87. The molecule has 2 N–H and O–H groups in total. The number of rotatable bonds is 3. The van der Waals surface area contributed by atoms with Crippen LogP contribution in [0.4, 0.5) is 13.2 Å². The summed E-state index contributed by atoms with van der Waals surface area (Å²) in [6.07, 6.45) is -3.76. The van der Waals surface area contributed by atoms with Gasteiger partial charge in [-0.15, -0.1) is 0 Å². The number of hydrogen-bond donors (Lipinski definition) is 2. The molecule has 1 heterocycles. The standard InChI is InChI=1S/C13H12F3N3O/c1-8-2-4-9(5-3-8)6-17-12(20)10-7-18-19-11(10)13(14,15)16/h2-5,7H,6H2,1H3,(H,17,20)(H,18,19). The average molecular weight is 283 g/mol. The van der Waals surface area contributed by atoms with Crippen LogP contribution >= 0.6 is 0 Å². The molecule has 0 saturated carbocycles. The topological polar surface area (TPSA) is 57.8 Å². The Kier molecular flexibility index (Phi) is 3.78. The number of hydrogen-bond acceptors (Lipinski definition) is 2. The molecule has 0 aliphatic carbocycles. The maximum Gasteiger partial charge on any atom is 0.433 e. The number of aromatic amines is 1. The van der Waals surface area contributed by atoms with Crippen LogP contribution in [0.15, 0.2) is 30.5 Å². The van der Waals surface area contributed by atoms with Crippen LogP contribution < -0.4 is 5.32 Å². The molecule has 2 rings (SSSR count). The van der Waals surface area contributed by atoms with Crippen molar-refractivity contribution < 1.29 is 18.0 Å². The summed E-state index contributed by atoms with van der Waals surface area (Å²) in [6, 6.07) is 7.33. The SMILES string of the molecule is Cc1ccc(CNC(=O)c2cn[nH]c2C(F)(F)F)cc1. The third kappa shape index (κ3) is 3.17. The minimum absolute atomic E-state index is 0.154. The molecule has 1 aromatic carbocycles. The zero-order chi connectivity index (χ0) is 14.8. The Balaban J connectivity index is 2.06. The molecular formula is C13H12F3N3O. The van der Waals surface area contributed by atoms with E-state index in [0.29, 0.717) is 0 Å². The molecule has 2 aromatic rings. The molecule has 0 spiro atoms. The van der Waals surface area contributed by atoms with Crippen molar-refractivity contribution in [3.63, 3.8) is 0 Å². The highest BCUT2D eigenvalue weighted by molar-refractivity contribution is 5.95. The van der Waals surface area contributed by atoms with Crippen molar-refractivity contribution in [1.29, 1.82) is 0 Å². The largest absolute Gasteiger partial charge is 0.433 e. The first kappa shape index (κ1) is 14.1. The van der Waals surface area contributed by atoms with Gasteiger partial charge in [0.1, 0.15) is 0 Å². The predicted octanol–water partition coefficient (Wildman–Crippen LogP) is 2.67. The van der Waals surface area contributed by atoms with E-state index in [1.165, 1.54) is 0 Å². The highest BCUT2D eigenvalue weighted by Crippen LogP contribution is 2.29. The third-order valence-electron chi connectivity index (χ3n) is 2.74. The Labute approximate surface area is 113 Å². The predicted molar refractivity (Wildman–Crippen MR) is 65.9 cm³/mol. The molecule has 0 bridgehead atoms. The summed E-state index contributed by atoms with van der Waals surface area (Å²) in [5, 5.41) is 7.50. The van der Waals surface area contributed by atoms with E-state index in [2.05, 4.69) is 10.4 Å². The molecule has 0 atom stereocenters. The Hall–Kier alpha value is -2.31. The number of nitrogens with zero attached hydrogens (tertiary/aromatic N) is 1. The second-order valence-corrected chi connectivity index (χ2v) is 4.32. The van der Waals surface area contributed by atoms with Crippen LogP contribution in [0.25, 0.3) is 0 Å². The van der Waals surface area contributed by atoms with E-state index in [1.54, 1.807) is 17.2 Å². The number of aromatic nitrogens is 2. The van der Waals surface area contributed by atoms with Gasteiger partial charge in [0, 0.05) is 6.54 Å². The van der Waals surface area contributed by atoms with E-state index < -0.39 is 23.3 Å². The number of amides is 1. The lowest BCUT2D eigenvalue weighted by Gasteiger charge is -2.08. The molecule has 1 aromatic heterocycles. The lowest BCUT2D eigenvalue weighted by molar-refractivity contribution is -0.141. The molecule has 0 unspecified atom stereocenters. The van der Waals surface area contributed by atoms with E-state index in [4.69, 9.17) is 0 Å². The van der Waals surface area contributed by atoms with Crippen molar-refractivity contribution >= 4 is 5.91 Å². The molecule has 7 heteroatoms. The maximum atomic E-state index is 12.6. The number of carbonyl (C=O) groups excluding carboxylic acids is 1. The van der Waals surface area contributed by atoms with Crippen molar-refractivity contribution in [1.82, 2.24) is 15.5 Å². The zero-order valence-electron chi connectivity index (χ0n) is 10.6. The van der Waals surface area contributed by atoms with Gasteiger partial charge < -0.3 is 5.32 Å². The molecule has 1 amide bonds. The van der Waals surface area contributed by atoms with Gasteiger partial charge in [0.05, 0.1) is 11.8 Å². The normalized spacial score (nSPS) is 11.4. The third-order valence-corrected chi connectivity index (χ3v) is 2.74. The summed E-state index contributed by atoms with van der Waals surface area (Å²) >= 11 is 0. The number of aryl methyl sites for hydroxylation is 1. The van der Waals surface area contributed by atoms with Crippen molar-refractivity contribution in [2.45, 2.75) is 19.6 Å². The summed E-state index contributed by atoms with van der Waals surface area (Å²) in [7, 11) is 0. The van der Waals surface area contributed by atoms with Gasteiger partial charge in [0.25, 0.3) is 5.91 Å². The fourth-order valence-corrected chi connectivity index (χ4v) is 1.66. The highest BCUT2D eigenvalue weighted by Gasteiger charge is 2.37. The highest BCUT2D eigenvalue weighted by atomic mass is 19.4. The van der Waals surface area contributed by atoms with Crippen LogP contribution in [0.3, 0.4) is 0 Å². The van der Waals surface area contributed by atoms with Gasteiger partial charge in [-0.05, 0) is 12.5 Å². The number of carbonyl (C=O) groups is 1. The second kappa shape index (κ2) is 5.36. The first-order chi connectivity index (χ1) is 9.38. The van der Waals surface area contributed by atoms with Crippen LogP contribution in [0.5, 0.6) is 0 Å². The monoisotopic (exact) mass is 283 g/mol. The van der Waals surface area contributed by atoms with Crippen LogP contribution in [-0.2, 0) is 12.7 Å². The summed E-state index contributed by atoms with van der Waals surface area (Å²) < 4.78 is 37.8. The zero-order valence-corrected chi connectivity index (χ0v) is 10.6. The Morgan fingerprint density at radius 3 is 2.55 bits per heavy atom. The number of H-pyrrole nitrogens is 1. The van der Waals surface area contributed by atoms with Gasteiger partial charge in [-0.25, -0.2) is 0 Å². The molecular weight excluding hydrogens is 271 g/mol. The number of nitrogens with one attached hydrogen (secondary N) is 2.